The first-order valence-electron chi connectivity index (χ1n) is 5.96. The summed E-state index contributed by atoms with van der Waals surface area (Å²) in [6.45, 7) is 5.10. The average molecular weight is 240 g/mol. The van der Waals surface area contributed by atoms with Crippen molar-refractivity contribution in [2.24, 2.45) is 5.73 Å². The summed E-state index contributed by atoms with van der Waals surface area (Å²) in [7, 11) is 0. The van der Waals surface area contributed by atoms with Crippen molar-refractivity contribution >= 4 is 0 Å². The molecule has 4 heteroatoms. The van der Waals surface area contributed by atoms with Gasteiger partial charge in [-0.3, -0.25) is 4.90 Å². The summed E-state index contributed by atoms with van der Waals surface area (Å²) in [6.07, 6.45) is 0. The fraction of sp³-hybridized carbons (Fsp3) is 0.538. The zero-order valence-electron chi connectivity index (χ0n) is 10.4. The first-order valence-corrected chi connectivity index (χ1v) is 5.96. The summed E-state index contributed by atoms with van der Waals surface area (Å²) < 4.78 is 13.8. The number of nitrogens with two attached hydrogens (primary N) is 1. The molecule has 0 aliphatic heterocycles. The molecule has 2 atom stereocenters. The summed E-state index contributed by atoms with van der Waals surface area (Å²) in [5.41, 5.74) is 6.55. The Hall–Kier alpha value is -0.970. The van der Waals surface area contributed by atoms with E-state index in [0.717, 1.165) is 6.54 Å². The molecule has 0 amide bonds. The Bertz CT molecular complexity index is 344. The summed E-state index contributed by atoms with van der Waals surface area (Å²) >= 11 is 0. The van der Waals surface area contributed by atoms with Crippen molar-refractivity contribution in [3.8, 4) is 0 Å². The molecule has 1 rings (SSSR count). The zero-order chi connectivity index (χ0) is 12.8. The van der Waals surface area contributed by atoms with Gasteiger partial charge in [0.15, 0.2) is 0 Å². The Morgan fingerprint density at radius 1 is 1.41 bits per heavy atom. The van der Waals surface area contributed by atoms with Crippen molar-refractivity contribution in [2.75, 3.05) is 19.7 Å². The van der Waals surface area contributed by atoms with Crippen LogP contribution in [0.2, 0.25) is 0 Å². The van der Waals surface area contributed by atoms with Gasteiger partial charge < -0.3 is 10.8 Å². The first kappa shape index (κ1) is 14.1. The van der Waals surface area contributed by atoms with Crippen molar-refractivity contribution in [2.45, 2.75) is 25.9 Å². The van der Waals surface area contributed by atoms with Gasteiger partial charge in [-0.2, -0.15) is 0 Å². The minimum Gasteiger partial charge on any atom is -0.395 e. The highest BCUT2D eigenvalue weighted by atomic mass is 19.1. The Kier molecular flexibility index (Phi) is 5.55. The Labute approximate surface area is 102 Å². The van der Waals surface area contributed by atoms with Gasteiger partial charge in [-0.05, 0) is 19.5 Å². The maximum atomic E-state index is 13.8. The molecule has 0 heterocycles. The van der Waals surface area contributed by atoms with Crippen LogP contribution in [0.4, 0.5) is 4.39 Å². The van der Waals surface area contributed by atoms with Crippen molar-refractivity contribution in [3.63, 3.8) is 0 Å². The summed E-state index contributed by atoms with van der Waals surface area (Å²) in [5, 5.41) is 9.04. The maximum Gasteiger partial charge on any atom is 0.128 e. The SMILES string of the molecule is CCN(CCO)C(c1ccccc1F)C(C)N. The van der Waals surface area contributed by atoms with Crippen LogP contribution in [0.15, 0.2) is 24.3 Å². The average Bonchev–Trinajstić information content (AvgIpc) is 2.30. The second-order valence-corrected chi connectivity index (χ2v) is 4.18. The molecule has 0 radical (unpaired) electrons. The molecule has 0 aliphatic carbocycles. The number of benzene rings is 1. The van der Waals surface area contributed by atoms with E-state index in [4.69, 9.17) is 10.8 Å². The highest BCUT2D eigenvalue weighted by Crippen LogP contribution is 2.25. The summed E-state index contributed by atoms with van der Waals surface area (Å²) in [5.74, 6) is -0.244. The van der Waals surface area contributed by atoms with Crippen molar-refractivity contribution in [3.05, 3.63) is 35.6 Å². The van der Waals surface area contributed by atoms with Gasteiger partial charge in [0.1, 0.15) is 5.82 Å². The fourth-order valence-electron chi connectivity index (χ4n) is 2.15. The quantitative estimate of drug-likeness (QED) is 0.792. The predicted molar refractivity (Wildman–Crippen MR) is 67.1 cm³/mol. The summed E-state index contributed by atoms with van der Waals surface area (Å²) in [6, 6.07) is 6.27. The lowest BCUT2D eigenvalue weighted by molar-refractivity contribution is 0.141. The number of halogens is 1. The molecule has 0 aromatic heterocycles. The Balaban J connectivity index is 3.04. The number of hydrogen-bond acceptors (Lipinski definition) is 3. The van der Waals surface area contributed by atoms with Crippen LogP contribution >= 0.6 is 0 Å². The molecule has 0 bridgehead atoms. The van der Waals surface area contributed by atoms with Crippen molar-refractivity contribution < 1.29 is 9.50 Å². The van der Waals surface area contributed by atoms with Crippen molar-refractivity contribution in [1.82, 2.24) is 4.90 Å². The van der Waals surface area contributed by atoms with Crippen LogP contribution in [0.3, 0.4) is 0 Å². The number of likely N-dealkylation sites (N-methyl/N-ethyl adjacent to an activating group) is 1. The molecule has 0 saturated carbocycles. The fourth-order valence-corrected chi connectivity index (χ4v) is 2.15. The summed E-state index contributed by atoms with van der Waals surface area (Å²) in [4.78, 5) is 1.99. The Morgan fingerprint density at radius 2 is 2.06 bits per heavy atom. The second kappa shape index (κ2) is 6.69. The highest BCUT2D eigenvalue weighted by molar-refractivity contribution is 5.22. The monoisotopic (exact) mass is 240 g/mol. The molecule has 0 fully saturated rings. The molecular weight excluding hydrogens is 219 g/mol. The van der Waals surface area contributed by atoms with E-state index < -0.39 is 0 Å². The predicted octanol–water partition coefficient (Wildman–Crippen LogP) is 1.53. The molecular formula is C13H21FN2O. The first-order chi connectivity index (χ1) is 8.11. The van der Waals surface area contributed by atoms with Crippen LogP contribution in [0.5, 0.6) is 0 Å². The largest absolute Gasteiger partial charge is 0.395 e. The minimum absolute atomic E-state index is 0.0471. The van der Waals surface area contributed by atoms with Crippen LogP contribution < -0.4 is 5.73 Å². The molecule has 1 aromatic carbocycles. The molecule has 3 nitrogen and oxygen atoms in total. The smallest absolute Gasteiger partial charge is 0.128 e. The third-order valence-corrected chi connectivity index (χ3v) is 2.91. The van der Waals surface area contributed by atoms with E-state index in [1.165, 1.54) is 6.07 Å². The zero-order valence-corrected chi connectivity index (χ0v) is 10.4. The number of hydrogen-bond donors (Lipinski definition) is 2. The van der Waals surface area contributed by atoms with Gasteiger partial charge in [0.25, 0.3) is 0 Å². The molecule has 96 valence electrons. The maximum absolute atomic E-state index is 13.8. The van der Waals surface area contributed by atoms with E-state index in [-0.39, 0.29) is 24.5 Å². The molecule has 3 N–H and O–H groups in total. The number of rotatable bonds is 6. The molecule has 1 aromatic rings. The normalized spacial score (nSPS) is 14.9. The molecule has 17 heavy (non-hydrogen) atoms. The van der Waals surface area contributed by atoms with E-state index in [2.05, 4.69) is 0 Å². The van der Waals surface area contributed by atoms with E-state index in [1.807, 2.05) is 18.7 Å². The lowest BCUT2D eigenvalue weighted by Crippen LogP contribution is -2.41. The molecule has 0 saturated heterocycles. The van der Waals surface area contributed by atoms with Gasteiger partial charge >= 0.3 is 0 Å². The van der Waals surface area contributed by atoms with E-state index >= 15 is 0 Å². The second-order valence-electron chi connectivity index (χ2n) is 4.18. The van der Waals surface area contributed by atoms with Crippen molar-refractivity contribution in [1.29, 1.82) is 0 Å². The topological polar surface area (TPSA) is 49.5 Å². The van der Waals surface area contributed by atoms with Gasteiger partial charge in [-0.25, -0.2) is 4.39 Å². The van der Waals surface area contributed by atoms with E-state index in [1.54, 1.807) is 18.2 Å². The number of nitrogens with zero attached hydrogens (tertiary/aromatic N) is 1. The van der Waals surface area contributed by atoms with Gasteiger partial charge in [0.2, 0.25) is 0 Å². The lowest BCUT2D eigenvalue weighted by atomic mass is 9.98. The van der Waals surface area contributed by atoms with Gasteiger partial charge in [0, 0.05) is 18.2 Å². The Morgan fingerprint density at radius 3 is 2.53 bits per heavy atom. The molecule has 0 aliphatic rings. The van der Waals surface area contributed by atoms with Crippen LogP contribution in [0.1, 0.15) is 25.5 Å². The van der Waals surface area contributed by atoms with Gasteiger partial charge in [0.05, 0.1) is 12.6 Å². The molecule has 0 spiro atoms. The number of aliphatic hydroxyl groups is 1. The van der Waals surface area contributed by atoms with Gasteiger partial charge in [-0.1, -0.05) is 25.1 Å². The third kappa shape index (κ3) is 3.49. The van der Waals surface area contributed by atoms with Crippen LogP contribution in [0.25, 0.3) is 0 Å². The van der Waals surface area contributed by atoms with E-state index in [0.29, 0.717) is 12.1 Å². The van der Waals surface area contributed by atoms with Crippen LogP contribution in [-0.2, 0) is 0 Å². The standard InChI is InChI=1S/C13H21FN2O/c1-3-16(8-9-17)13(10(2)15)11-6-4-5-7-12(11)14/h4-7,10,13,17H,3,8-9,15H2,1-2H3. The number of aliphatic hydroxyl groups excluding tert-OH is 1. The molecule has 2 unspecified atom stereocenters. The van der Waals surface area contributed by atoms with Crippen LogP contribution in [-0.4, -0.2) is 35.7 Å². The minimum atomic E-state index is -0.244. The van der Waals surface area contributed by atoms with Gasteiger partial charge in [-0.15, -0.1) is 0 Å². The lowest BCUT2D eigenvalue weighted by Gasteiger charge is -2.33. The van der Waals surface area contributed by atoms with E-state index in [9.17, 15) is 4.39 Å². The third-order valence-electron chi connectivity index (χ3n) is 2.91. The highest BCUT2D eigenvalue weighted by Gasteiger charge is 2.24. The van der Waals surface area contributed by atoms with Crippen LogP contribution in [0, 0.1) is 5.82 Å².